The summed E-state index contributed by atoms with van der Waals surface area (Å²) in [4.78, 5) is 26.1. The highest BCUT2D eigenvalue weighted by molar-refractivity contribution is 5.85. The molecule has 4 N–H and O–H groups in total. The van der Waals surface area contributed by atoms with Crippen molar-refractivity contribution in [3.05, 3.63) is 29.6 Å². The van der Waals surface area contributed by atoms with Crippen molar-refractivity contribution in [2.24, 2.45) is 0 Å². The summed E-state index contributed by atoms with van der Waals surface area (Å²) in [5, 5.41) is 17.6. The highest BCUT2D eigenvalue weighted by atomic mass is 16.4. The van der Waals surface area contributed by atoms with Gasteiger partial charge in [-0.2, -0.15) is 0 Å². The van der Waals surface area contributed by atoms with Crippen LogP contribution >= 0.6 is 0 Å². The van der Waals surface area contributed by atoms with Crippen LogP contribution in [0.3, 0.4) is 0 Å². The van der Waals surface area contributed by atoms with Gasteiger partial charge in [0.15, 0.2) is 0 Å². The Bertz CT molecular complexity index is 469. The van der Waals surface area contributed by atoms with E-state index in [2.05, 4.69) is 20.9 Å². The summed E-state index contributed by atoms with van der Waals surface area (Å²) in [6.07, 6.45) is 3.32. The van der Waals surface area contributed by atoms with Gasteiger partial charge in [-0.3, -0.25) is 0 Å². The van der Waals surface area contributed by atoms with Crippen LogP contribution in [0.4, 0.5) is 4.79 Å². The van der Waals surface area contributed by atoms with Crippen molar-refractivity contribution in [2.75, 3.05) is 13.1 Å². The van der Waals surface area contributed by atoms with Crippen LogP contribution in [0.1, 0.15) is 28.9 Å². The maximum absolute atomic E-state index is 11.7. The molecule has 2 heterocycles. The molecule has 7 heteroatoms. The zero-order chi connectivity index (χ0) is 14.4. The summed E-state index contributed by atoms with van der Waals surface area (Å²) < 4.78 is 0. The van der Waals surface area contributed by atoms with Crippen LogP contribution in [0, 0.1) is 0 Å². The second-order valence-corrected chi connectivity index (χ2v) is 4.71. The third-order valence-electron chi connectivity index (χ3n) is 3.17. The molecule has 2 amide bonds. The quantitative estimate of drug-likeness (QED) is 0.635. The van der Waals surface area contributed by atoms with E-state index in [1.54, 1.807) is 6.07 Å². The minimum atomic E-state index is -1.06. The number of piperidine rings is 1. The Morgan fingerprint density at radius 3 is 2.70 bits per heavy atom. The molecule has 1 aliphatic heterocycles. The monoisotopic (exact) mass is 278 g/mol. The van der Waals surface area contributed by atoms with Crippen molar-refractivity contribution >= 4 is 12.0 Å². The molecule has 108 valence electrons. The number of rotatable bonds is 4. The second-order valence-electron chi connectivity index (χ2n) is 4.71. The van der Waals surface area contributed by atoms with Gasteiger partial charge in [0.05, 0.1) is 0 Å². The number of aromatic carboxylic acids is 1. The first-order valence-corrected chi connectivity index (χ1v) is 6.58. The lowest BCUT2D eigenvalue weighted by atomic mass is 10.1. The number of carbonyl (C=O) groups excluding carboxylic acids is 1. The first-order chi connectivity index (χ1) is 9.65. The Labute approximate surface area is 116 Å². The van der Waals surface area contributed by atoms with Crippen molar-refractivity contribution in [3.8, 4) is 0 Å². The fourth-order valence-electron chi connectivity index (χ4n) is 2.04. The summed E-state index contributed by atoms with van der Waals surface area (Å²) in [6.45, 7) is 2.17. The van der Waals surface area contributed by atoms with Crippen LogP contribution < -0.4 is 16.0 Å². The lowest BCUT2D eigenvalue weighted by Crippen LogP contribution is -2.46. The van der Waals surface area contributed by atoms with E-state index in [1.807, 2.05) is 0 Å². The number of carboxylic acids is 1. The van der Waals surface area contributed by atoms with Crippen molar-refractivity contribution in [3.63, 3.8) is 0 Å². The van der Waals surface area contributed by atoms with E-state index < -0.39 is 5.97 Å². The van der Waals surface area contributed by atoms with Crippen LogP contribution in [0.15, 0.2) is 18.3 Å². The van der Waals surface area contributed by atoms with Gasteiger partial charge in [0.1, 0.15) is 5.69 Å². The van der Waals surface area contributed by atoms with E-state index in [-0.39, 0.29) is 17.8 Å². The van der Waals surface area contributed by atoms with Crippen molar-refractivity contribution < 1.29 is 14.7 Å². The van der Waals surface area contributed by atoms with Crippen molar-refractivity contribution in [2.45, 2.75) is 25.4 Å². The number of carboxylic acid groups (broad SMARTS) is 1. The Morgan fingerprint density at radius 1 is 1.35 bits per heavy atom. The molecular weight excluding hydrogens is 260 g/mol. The maximum atomic E-state index is 11.7. The van der Waals surface area contributed by atoms with Crippen molar-refractivity contribution in [1.29, 1.82) is 0 Å². The van der Waals surface area contributed by atoms with Crippen LogP contribution in [0.5, 0.6) is 0 Å². The third-order valence-corrected chi connectivity index (χ3v) is 3.17. The SMILES string of the molecule is O=C(NCc1ccc(C(=O)O)nc1)NC1CCNCC1. The minimum absolute atomic E-state index is 0.00657. The minimum Gasteiger partial charge on any atom is -0.477 e. The molecule has 0 aliphatic carbocycles. The Hall–Kier alpha value is -2.15. The molecule has 1 saturated heterocycles. The molecule has 7 nitrogen and oxygen atoms in total. The van der Waals surface area contributed by atoms with E-state index >= 15 is 0 Å². The van der Waals surface area contributed by atoms with Crippen LogP contribution in [0.25, 0.3) is 0 Å². The number of aromatic nitrogens is 1. The first-order valence-electron chi connectivity index (χ1n) is 6.58. The Balaban J connectivity index is 1.76. The highest BCUT2D eigenvalue weighted by Crippen LogP contribution is 2.02. The van der Waals surface area contributed by atoms with Gasteiger partial charge in [0.2, 0.25) is 0 Å². The smallest absolute Gasteiger partial charge is 0.354 e. The van der Waals surface area contributed by atoms with E-state index in [0.29, 0.717) is 6.54 Å². The van der Waals surface area contributed by atoms with Gasteiger partial charge in [-0.1, -0.05) is 6.07 Å². The molecule has 0 spiro atoms. The molecule has 2 rings (SSSR count). The zero-order valence-electron chi connectivity index (χ0n) is 11.1. The number of carbonyl (C=O) groups is 2. The third kappa shape index (κ3) is 4.20. The molecule has 1 aromatic heterocycles. The summed E-state index contributed by atoms with van der Waals surface area (Å²) >= 11 is 0. The highest BCUT2D eigenvalue weighted by Gasteiger charge is 2.14. The number of nitrogens with zero attached hydrogens (tertiary/aromatic N) is 1. The first kappa shape index (κ1) is 14.3. The standard InChI is InChI=1S/C13H18N4O3/c18-12(19)11-2-1-9(7-15-11)8-16-13(20)17-10-3-5-14-6-4-10/h1-2,7,10,14H,3-6,8H2,(H,18,19)(H2,16,17,20). The fourth-order valence-corrected chi connectivity index (χ4v) is 2.04. The van der Waals surface area contributed by atoms with Gasteiger partial charge in [-0.25, -0.2) is 14.6 Å². The Morgan fingerprint density at radius 2 is 2.10 bits per heavy atom. The molecule has 0 bridgehead atoms. The second kappa shape index (κ2) is 6.85. The van der Waals surface area contributed by atoms with Crippen LogP contribution in [-0.4, -0.2) is 41.2 Å². The summed E-state index contributed by atoms with van der Waals surface area (Å²) in [7, 11) is 0. The van der Waals surface area contributed by atoms with Gasteiger partial charge in [-0.15, -0.1) is 0 Å². The van der Waals surface area contributed by atoms with Crippen LogP contribution in [-0.2, 0) is 6.54 Å². The number of nitrogens with one attached hydrogen (secondary N) is 3. The van der Waals surface area contributed by atoms with Crippen molar-refractivity contribution in [1.82, 2.24) is 20.9 Å². The topological polar surface area (TPSA) is 103 Å². The lowest BCUT2D eigenvalue weighted by Gasteiger charge is -2.23. The normalized spacial score (nSPS) is 15.6. The molecule has 0 aromatic carbocycles. The average molecular weight is 278 g/mol. The fraction of sp³-hybridized carbons (Fsp3) is 0.462. The van der Waals surface area contributed by atoms with E-state index in [4.69, 9.17) is 5.11 Å². The molecule has 1 aliphatic rings. The molecule has 0 radical (unpaired) electrons. The molecule has 0 unspecified atom stereocenters. The van der Waals surface area contributed by atoms with E-state index in [0.717, 1.165) is 31.5 Å². The molecule has 1 aromatic rings. The summed E-state index contributed by atoms with van der Waals surface area (Å²) in [6, 6.07) is 3.06. The van der Waals surface area contributed by atoms with Crippen LogP contribution in [0.2, 0.25) is 0 Å². The predicted molar refractivity (Wildman–Crippen MR) is 72.5 cm³/mol. The summed E-state index contributed by atoms with van der Waals surface area (Å²) in [5.74, 6) is -1.06. The number of hydrogen-bond acceptors (Lipinski definition) is 4. The average Bonchev–Trinajstić information content (AvgIpc) is 2.46. The summed E-state index contributed by atoms with van der Waals surface area (Å²) in [5.41, 5.74) is 0.753. The lowest BCUT2D eigenvalue weighted by molar-refractivity contribution is 0.0690. The number of amides is 2. The number of hydrogen-bond donors (Lipinski definition) is 4. The number of urea groups is 1. The largest absolute Gasteiger partial charge is 0.477 e. The maximum Gasteiger partial charge on any atom is 0.354 e. The van der Waals surface area contributed by atoms with E-state index in [1.165, 1.54) is 12.3 Å². The van der Waals surface area contributed by atoms with E-state index in [9.17, 15) is 9.59 Å². The zero-order valence-corrected chi connectivity index (χ0v) is 11.1. The van der Waals surface area contributed by atoms with Gasteiger partial charge < -0.3 is 21.1 Å². The van der Waals surface area contributed by atoms with Gasteiger partial charge in [0, 0.05) is 18.8 Å². The molecule has 0 atom stereocenters. The molecule has 20 heavy (non-hydrogen) atoms. The van der Waals surface area contributed by atoms with Gasteiger partial charge in [0.25, 0.3) is 0 Å². The molecule has 0 saturated carbocycles. The molecule has 1 fully saturated rings. The predicted octanol–water partition coefficient (Wildman–Crippen LogP) is 0.331. The van der Waals surface area contributed by atoms with Gasteiger partial charge >= 0.3 is 12.0 Å². The van der Waals surface area contributed by atoms with Gasteiger partial charge in [-0.05, 0) is 37.6 Å². The Kier molecular flexibility index (Phi) is 4.89. The number of pyridine rings is 1. The molecular formula is C13H18N4O3.